The van der Waals surface area contributed by atoms with Gasteiger partial charge in [-0.25, -0.2) is 9.59 Å². The molecule has 0 radical (unpaired) electrons. The number of hydrogen-bond acceptors (Lipinski definition) is 3. The van der Waals surface area contributed by atoms with E-state index in [1.807, 2.05) is 6.92 Å². The molecule has 7 heteroatoms. The number of carbonyl (C=O) groups is 2. The van der Waals surface area contributed by atoms with Crippen LogP contribution in [0.4, 0.5) is 10.5 Å². The lowest BCUT2D eigenvalue weighted by Gasteiger charge is -2.34. The van der Waals surface area contributed by atoms with Crippen molar-refractivity contribution in [2.45, 2.75) is 19.4 Å². The van der Waals surface area contributed by atoms with Crippen molar-refractivity contribution < 1.29 is 19.8 Å². The number of carboxylic acids is 1. The molecule has 1 fully saturated rings. The average molecular weight is 313 g/mol. The van der Waals surface area contributed by atoms with Crippen LogP contribution in [0.5, 0.6) is 0 Å². The number of likely N-dealkylation sites (tertiary alicyclic amines) is 1. The molecule has 0 aromatic heterocycles. The number of halogens is 1. The Bertz CT molecular complexity index is 564. The number of aliphatic hydroxyl groups is 1. The molecule has 114 valence electrons. The summed E-state index contributed by atoms with van der Waals surface area (Å²) >= 11 is 5.85. The molecule has 6 nitrogen and oxygen atoms in total. The fourth-order valence-corrected chi connectivity index (χ4v) is 2.46. The second-order valence-corrected chi connectivity index (χ2v) is 5.62. The van der Waals surface area contributed by atoms with Crippen LogP contribution in [-0.2, 0) is 0 Å². The molecular formula is C14H17ClN2O4. The highest BCUT2D eigenvalue weighted by Gasteiger charge is 2.27. The maximum absolute atomic E-state index is 12.1. The lowest BCUT2D eigenvalue weighted by Crippen LogP contribution is -2.47. The van der Waals surface area contributed by atoms with Crippen LogP contribution in [0.3, 0.4) is 0 Å². The number of β-amino-alcohol motifs (C(OH)–C–C–N with tert-alkyl or cyclic N) is 1. The lowest BCUT2D eigenvalue weighted by molar-refractivity contribution is 0.0464. The SMILES string of the molecule is CC1CCN(C(=O)Nc2ccc(C(=O)O)c(Cl)c2)CC1O. The number of hydrogen-bond donors (Lipinski definition) is 3. The number of nitrogens with zero attached hydrogens (tertiary/aromatic N) is 1. The summed E-state index contributed by atoms with van der Waals surface area (Å²) in [6.45, 7) is 2.81. The van der Waals surface area contributed by atoms with Gasteiger partial charge in [0.05, 0.1) is 16.7 Å². The Morgan fingerprint density at radius 3 is 2.71 bits per heavy atom. The van der Waals surface area contributed by atoms with Gasteiger partial charge < -0.3 is 20.4 Å². The first-order valence-electron chi connectivity index (χ1n) is 6.65. The number of aliphatic hydroxyl groups excluding tert-OH is 1. The first-order valence-corrected chi connectivity index (χ1v) is 7.03. The highest BCUT2D eigenvalue weighted by atomic mass is 35.5. The van der Waals surface area contributed by atoms with Crippen molar-refractivity contribution in [1.82, 2.24) is 4.90 Å². The van der Waals surface area contributed by atoms with E-state index in [4.69, 9.17) is 16.7 Å². The van der Waals surface area contributed by atoms with E-state index in [0.29, 0.717) is 12.2 Å². The largest absolute Gasteiger partial charge is 0.478 e. The van der Waals surface area contributed by atoms with Gasteiger partial charge in [0, 0.05) is 18.8 Å². The van der Waals surface area contributed by atoms with Gasteiger partial charge in [-0.2, -0.15) is 0 Å². The van der Waals surface area contributed by atoms with Crippen LogP contribution in [0.25, 0.3) is 0 Å². The van der Waals surface area contributed by atoms with E-state index < -0.39 is 12.1 Å². The summed E-state index contributed by atoms with van der Waals surface area (Å²) in [5.41, 5.74) is 0.403. The van der Waals surface area contributed by atoms with Gasteiger partial charge in [0.2, 0.25) is 0 Å². The third-order valence-corrected chi connectivity index (χ3v) is 3.97. The van der Waals surface area contributed by atoms with Gasteiger partial charge in [-0.1, -0.05) is 18.5 Å². The number of carbonyl (C=O) groups excluding carboxylic acids is 1. The predicted molar refractivity (Wildman–Crippen MR) is 78.8 cm³/mol. The van der Waals surface area contributed by atoms with Crippen molar-refractivity contribution in [2.24, 2.45) is 5.92 Å². The summed E-state index contributed by atoms with van der Waals surface area (Å²) in [4.78, 5) is 24.5. The maximum Gasteiger partial charge on any atom is 0.337 e. The van der Waals surface area contributed by atoms with E-state index in [0.717, 1.165) is 6.42 Å². The van der Waals surface area contributed by atoms with Gasteiger partial charge in [0.1, 0.15) is 0 Å². The zero-order valence-electron chi connectivity index (χ0n) is 11.5. The molecule has 1 aliphatic rings. The maximum atomic E-state index is 12.1. The molecule has 0 spiro atoms. The molecule has 1 heterocycles. The van der Waals surface area contributed by atoms with Gasteiger partial charge in [-0.15, -0.1) is 0 Å². The number of aromatic carboxylic acids is 1. The number of amides is 2. The predicted octanol–water partition coefficient (Wildman–Crippen LogP) is 2.27. The minimum atomic E-state index is -1.12. The molecule has 1 aromatic rings. The Morgan fingerprint density at radius 1 is 1.43 bits per heavy atom. The Labute approximate surface area is 127 Å². The van der Waals surface area contributed by atoms with Crippen LogP contribution >= 0.6 is 11.6 Å². The minimum Gasteiger partial charge on any atom is -0.478 e. The summed E-state index contributed by atoms with van der Waals surface area (Å²) in [6, 6.07) is 3.88. The lowest BCUT2D eigenvalue weighted by atomic mass is 9.96. The van der Waals surface area contributed by atoms with Gasteiger partial charge in [-0.3, -0.25) is 0 Å². The van der Waals surface area contributed by atoms with Crippen molar-refractivity contribution in [2.75, 3.05) is 18.4 Å². The molecule has 3 N–H and O–H groups in total. The normalized spacial score (nSPS) is 22.0. The Morgan fingerprint density at radius 2 is 2.14 bits per heavy atom. The fourth-order valence-electron chi connectivity index (χ4n) is 2.20. The number of carboxylic acid groups (broad SMARTS) is 1. The molecule has 21 heavy (non-hydrogen) atoms. The van der Waals surface area contributed by atoms with Gasteiger partial charge in [0.15, 0.2) is 0 Å². The fraction of sp³-hybridized carbons (Fsp3) is 0.429. The second-order valence-electron chi connectivity index (χ2n) is 5.21. The number of nitrogens with one attached hydrogen (secondary N) is 1. The van der Waals surface area contributed by atoms with Crippen molar-refractivity contribution in [1.29, 1.82) is 0 Å². The molecule has 0 bridgehead atoms. The van der Waals surface area contributed by atoms with Gasteiger partial charge in [-0.05, 0) is 30.5 Å². The molecule has 2 rings (SSSR count). The summed E-state index contributed by atoms with van der Waals surface area (Å²) < 4.78 is 0. The molecule has 2 atom stereocenters. The quantitative estimate of drug-likeness (QED) is 0.781. The van der Waals surface area contributed by atoms with E-state index in [9.17, 15) is 14.7 Å². The number of urea groups is 1. The Balaban J connectivity index is 2.03. The van der Waals surface area contributed by atoms with Crippen LogP contribution in [0.1, 0.15) is 23.7 Å². The molecule has 1 saturated heterocycles. The molecular weight excluding hydrogens is 296 g/mol. The Kier molecular flexibility index (Phi) is 4.69. The molecule has 0 aliphatic carbocycles. The number of rotatable bonds is 2. The van der Waals surface area contributed by atoms with E-state index in [1.165, 1.54) is 23.1 Å². The summed E-state index contributed by atoms with van der Waals surface area (Å²) in [6.07, 6.45) is 0.218. The minimum absolute atomic E-state index is 0.0168. The van der Waals surface area contributed by atoms with Crippen molar-refractivity contribution >= 4 is 29.3 Å². The van der Waals surface area contributed by atoms with Gasteiger partial charge >= 0.3 is 12.0 Å². The third kappa shape index (κ3) is 3.65. The van der Waals surface area contributed by atoms with Crippen LogP contribution < -0.4 is 5.32 Å². The molecule has 1 aliphatic heterocycles. The van der Waals surface area contributed by atoms with Crippen molar-refractivity contribution in [3.8, 4) is 0 Å². The summed E-state index contributed by atoms with van der Waals surface area (Å²) in [7, 11) is 0. The zero-order chi connectivity index (χ0) is 15.6. The van der Waals surface area contributed by atoms with Crippen LogP contribution in [0.15, 0.2) is 18.2 Å². The monoisotopic (exact) mass is 312 g/mol. The highest BCUT2D eigenvalue weighted by molar-refractivity contribution is 6.33. The topological polar surface area (TPSA) is 89.9 Å². The smallest absolute Gasteiger partial charge is 0.337 e. The van der Waals surface area contributed by atoms with E-state index in [2.05, 4.69) is 5.32 Å². The molecule has 2 unspecified atom stereocenters. The summed E-state index contributed by atoms with van der Waals surface area (Å²) in [5.74, 6) is -0.940. The highest BCUT2D eigenvalue weighted by Crippen LogP contribution is 2.22. The summed E-state index contributed by atoms with van der Waals surface area (Å²) in [5, 5.41) is 21.4. The van der Waals surface area contributed by atoms with Crippen LogP contribution in [-0.4, -0.2) is 46.3 Å². The van der Waals surface area contributed by atoms with E-state index in [1.54, 1.807) is 0 Å². The second kappa shape index (κ2) is 6.32. The van der Waals surface area contributed by atoms with Crippen LogP contribution in [0, 0.1) is 5.92 Å². The number of anilines is 1. The van der Waals surface area contributed by atoms with Crippen molar-refractivity contribution in [3.05, 3.63) is 28.8 Å². The number of benzene rings is 1. The first kappa shape index (κ1) is 15.6. The van der Waals surface area contributed by atoms with E-state index >= 15 is 0 Å². The molecule has 1 aromatic carbocycles. The molecule has 0 saturated carbocycles. The first-order chi connectivity index (χ1) is 9.88. The van der Waals surface area contributed by atoms with Crippen molar-refractivity contribution in [3.63, 3.8) is 0 Å². The van der Waals surface area contributed by atoms with E-state index in [-0.39, 0.29) is 29.1 Å². The standard InChI is InChI=1S/C14H17ClN2O4/c1-8-4-5-17(7-12(8)18)14(21)16-9-2-3-10(13(19)20)11(15)6-9/h2-3,6,8,12,18H,4-5,7H2,1H3,(H,16,21)(H,19,20). The molecule has 2 amide bonds. The third-order valence-electron chi connectivity index (χ3n) is 3.66. The number of piperidine rings is 1. The average Bonchev–Trinajstić information content (AvgIpc) is 2.41. The van der Waals surface area contributed by atoms with Crippen LogP contribution in [0.2, 0.25) is 5.02 Å². The zero-order valence-corrected chi connectivity index (χ0v) is 12.3. The Hall–Kier alpha value is -1.79. The van der Waals surface area contributed by atoms with Gasteiger partial charge in [0.25, 0.3) is 0 Å².